The average molecular weight is 321 g/mol. The molecule has 1 rings (SSSR count). The Balaban J connectivity index is 2.56. The molecule has 0 fully saturated rings. The van der Waals surface area contributed by atoms with E-state index in [0.29, 0.717) is 12.2 Å². The summed E-state index contributed by atoms with van der Waals surface area (Å²) in [5, 5.41) is 3.03. The molecule has 122 valence electrons. The Kier molecular flexibility index (Phi) is 8.25. The molecular formula is C18H27NO2S. The van der Waals surface area contributed by atoms with Crippen LogP contribution < -0.4 is 5.32 Å². The molecule has 1 aromatic rings. The first kappa shape index (κ1) is 18.8. The summed E-state index contributed by atoms with van der Waals surface area (Å²) >= 11 is 1.69. The Morgan fingerprint density at radius 3 is 2.23 bits per heavy atom. The zero-order valence-corrected chi connectivity index (χ0v) is 14.8. The number of carbonyl (C=O) groups is 2. The van der Waals surface area contributed by atoms with E-state index in [0.717, 1.165) is 17.7 Å². The number of Topliss-reactive ketones (excluding diaryl/α,β-unsaturated/α-hetero) is 1. The van der Waals surface area contributed by atoms with Crippen LogP contribution in [0.3, 0.4) is 0 Å². The topological polar surface area (TPSA) is 46.2 Å². The third-order valence-electron chi connectivity index (χ3n) is 3.40. The lowest BCUT2D eigenvalue weighted by Crippen LogP contribution is -2.30. The van der Waals surface area contributed by atoms with Crippen molar-refractivity contribution >= 4 is 23.5 Å². The van der Waals surface area contributed by atoms with Crippen LogP contribution in [0.1, 0.15) is 51.5 Å². The molecule has 0 aliphatic rings. The molecule has 0 heterocycles. The number of benzene rings is 1. The minimum absolute atomic E-state index is 0.0330. The molecule has 1 unspecified atom stereocenters. The van der Waals surface area contributed by atoms with Crippen molar-refractivity contribution < 1.29 is 9.59 Å². The van der Waals surface area contributed by atoms with Gasteiger partial charge < -0.3 is 5.32 Å². The smallest absolute Gasteiger partial charge is 0.223 e. The Hall–Kier alpha value is -1.29. The number of amides is 1. The van der Waals surface area contributed by atoms with E-state index in [9.17, 15) is 9.59 Å². The van der Waals surface area contributed by atoms with Crippen LogP contribution >= 0.6 is 11.8 Å². The first-order chi connectivity index (χ1) is 10.4. The SMILES string of the molecule is CC(C)C(=O)CCCSC(NC(=O)C(C)C)c1ccccc1. The molecule has 0 bridgehead atoms. The second-order valence-corrected chi connectivity index (χ2v) is 7.26. The van der Waals surface area contributed by atoms with E-state index in [4.69, 9.17) is 0 Å². The van der Waals surface area contributed by atoms with Crippen molar-refractivity contribution in [2.24, 2.45) is 11.8 Å². The van der Waals surface area contributed by atoms with Crippen LogP contribution in [0.25, 0.3) is 0 Å². The van der Waals surface area contributed by atoms with Gasteiger partial charge >= 0.3 is 0 Å². The van der Waals surface area contributed by atoms with Gasteiger partial charge in [-0.25, -0.2) is 0 Å². The van der Waals surface area contributed by atoms with Gasteiger partial charge in [-0.1, -0.05) is 58.0 Å². The molecule has 0 saturated carbocycles. The average Bonchev–Trinajstić information content (AvgIpc) is 2.50. The van der Waals surface area contributed by atoms with E-state index in [1.807, 2.05) is 58.0 Å². The van der Waals surface area contributed by atoms with Crippen molar-refractivity contribution in [3.05, 3.63) is 35.9 Å². The molecule has 0 aliphatic heterocycles. The summed E-state index contributed by atoms with van der Waals surface area (Å²) in [4.78, 5) is 23.6. The van der Waals surface area contributed by atoms with Crippen molar-refractivity contribution in [1.29, 1.82) is 0 Å². The van der Waals surface area contributed by atoms with Gasteiger partial charge in [0.2, 0.25) is 5.91 Å². The van der Waals surface area contributed by atoms with Crippen LogP contribution in [0, 0.1) is 11.8 Å². The number of rotatable bonds is 9. The molecule has 0 aliphatic carbocycles. The van der Waals surface area contributed by atoms with Gasteiger partial charge in [-0.3, -0.25) is 9.59 Å². The predicted molar refractivity (Wildman–Crippen MR) is 93.7 cm³/mol. The molecule has 0 saturated heterocycles. The van der Waals surface area contributed by atoms with Crippen molar-refractivity contribution in [3.8, 4) is 0 Å². The molecule has 1 N–H and O–H groups in total. The second kappa shape index (κ2) is 9.67. The van der Waals surface area contributed by atoms with E-state index in [1.165, 1.54) is 0 Å². The fourth-order valence-corrected chi connectivity index (χ4v) is 2.98. The summed E-state index contributed by atoms with van der Waals surface area (Å²) in [5.74, 6) is 1.30. The van der Waals surface area contributed by atoms with Gasteiger partial charge in [-0.2, -0.15) is 0 Å². The Labute approximate surface area is 138 Å². The van der Waals surface area contributed by atoms with Crippen molar-refractivity contribution in [3.63, 3.8) is 0 Å². The van der Waals surface area contributed by atoms with Crippen LogP contribution in [0.5, 0.6) is 0 Å². The molecule has 1 amide bonds. The van der Waals surface area contributed by atoms with Crippen LogP contribution in [0.15, 0.2) is 30.3 Å². The molecule has 0 aromatic heterocycles. The summed E-state index contributed by atoms with van der Waals surface area (Å²) in [6, 6.07) is 9.98. The van der Waals surface area contributed by atoms with E-state index < -0.39 is 0 Å². The Morgan fingerprint density at radius 2 is 1.68 bits per heavy atom. The third kappa shape index (κ3) is 6.65. The number of nitrogens with one attached hydrogen (secondary N) is 1. The fraction of sp³-hybridized carbons (Fsp3) is 0.556. The standard InChI is InChI=1S/C18H27NO2S/c1-13(2)16(20)11-8-12-22-18(19-17(21)14(3)4)15-9-6-5-7-10-15/h5-7,9-10,13-14,18H,8,11-12H2,1-4H3,(H,19,21). The van der Waals surface area contributed by atoms with E-state index in [-0.39, 0.29) is 23.1 Å². The highest BCUT2D eigenvalue weighted by molar-refractivity contribution is 7.99. The summed E-state index contributed by atoms with van der Waals surface area (Å²) in [7, 11) is 0. The minimum Gasteiger partial charge on any atom is -0.340 e. The largest absolute Gasteiger partial charge is 0.340 e. The van der Waals surface area contributed by atoms with Crippen molar-refractivity contribution in [1.82, 2.24) is 5.32 Å². The van der Waals surface area contributed by atoms with Gasteiger partial charge in [-0.05, 0) is 17.7 Å². The first-order valence-electron chi connectivity index (χ1n) is 7.91. The summed E-state index contributed by atoms with van der Waals surface area (Å²) < 4.78 is 0. The lowest BCUT2D eigenvalue weighted by Gasteiger charge is -2.20. The first-order valence-corrected chi connectivity index (χ1v) is 8.96. The highest BCUT2D eigenvalue weighted by atomic mass is 32.2. The maximum atomic E-state index is 12.0. The second-order valence-electron chi connectivity index (χ2n) is 6.05. The molecule has 1 aromatic carbocycles. The lowest BCUT2D eigenvalue weighted by molar-refractivity contribution is -0.124. The molecule has 3 nitrogen and oxygen atoms in total. The molecule has 0 radical (unpaired) electrons. The lowest BCUT2D eigenvalue weighted by atomic mass is 10.1. The highest BCUT2D eigenvalue weighted by Gasteiger charge is 2.17. The number of thioether (sulfide) groups is 1. The predicted octanol–water partition coefficient (Wildman–Crippen LogP) is 4.20. The van der Waals surface area contributed by atoms with Crippen molar-refractivity contribution in [2.75, 3.05) is 5.75 Å². The summed E-state index contributed by atoms with van der Waals surface area (Å²) in [5.41, 5.74) is 1.09. The number of hydrogen-bond acceptors (Lipinski definition) is 3. The monoisotopic (exact) mass is 321 g/mol. The number of hydrogen-bond donors (Lipinski definition) is 1. The van der Waals surface area contributed by atoms with E-state index in [1.54, 1.807) is 11.8 Å². The van der Waals surface area contributed by atoms with Gasteiger partial charge in [0.25, 0.3) is 0 Å². The van der Waals surface area contributed by atoms with Crippen LogP contribution in [-0.2, 0) is 9.59 Å². The quantitative estimate of drug-likeness (QED) is 0.548. The van der Waals surface area contributed by atoms with Crippen LogP contribution in [0.2, 0.25) is 0 Å². The van der Waals surface area contributed by atoms with Gasteiger partial charge in [0, 0.05) is 18.3 Å². The summed E-state index contributed by atoms with van der Waals surface area (Å²) in [6.07, 6.45) is 1.47. The zero-order chi connectivity index (χ0) is 16.5. The van der Waals surface area contributed by atoms with Gasteiger partial charge in [0.15, 0.2) is 0 Å². The molecule has 1 atom stereocenters. The Morgan fingerprint density at radius 1 is 1.05 bits per heavy atom. The number of carbonyl (C=O) groups excluding carboxylic acids is 2. The van der Waals surface area contributed by atoms with Crippen molar-refractivity contribution in [2.45, 2.75) is 45.9 Å². The minimum atomic E-state index is -0.0507. The molecule has 4 heteroatoms. The van der Waals surface area contributed by atoms with Gasteiger partial charge in [0.05, 0.1) is 0 Å². The normalized spacial score (nSPS) is 12.5. The maximum absolute atomic E-state index is 12.0. The van der Waals surface area contributed by atoms with Crippen LogP contribution in [-0.4, -0.2) is 17.4 Å². The van der Waals surface area contributed by atoms with E-state index >= 15 is 0 Å². The maximum Gasteiger partial charge on any atom is 0.223 e. The third-order valence-corrected chi connectivity index (χ3v) is 4.64. The highest BCUT2D eigenvalue weighted by Crippen LogP contribution is 2.27. The molecule has 22 heavy (non-hydrogen) atoms. The zero-order valence-electron chi connectivity index (χ0n) is 14.0. The fourth-order valence-electron chi connectivity index (χ4n) is 1.88. The van der Waals surface area contributed by atoms with E-state index in [2.05, 4.69) is 5.32 Å². The molecular weight excluding hydrogens is 294 g/mol. The van der Waals surface area contributed by atoms with Gasteiger partial charge in [0.1, 0.15) is 11.2 Å². The van der Waals surface area contributed by atoms with Crippen LogP contribution in [0.4, 0.5) is 0 Å². The molecule has 0 spiro atoms. The Bertz CT molecular complexity index is 471. The number of ketones is 1. The summed E-state index contributed by atoms with van der Waals surface area (Å²) in [6.45, 7) is 7.66. The van der Waals surface area contributed by atoms with Gasteiger partial charge in [-0.15, -0.1) is 11.8 Å².